The van der Waals surface area contributed by atoms with Gasteiger partial charge in [-0.1, -0.05) is 36.4 Å². The molecule has 0 saturated carbocycles. The summed E-state index contributed by atoms with van der Waals surface area (Å²) in [6.07, 6.45) is 4.15. The topological polar surface area (TPSA) is 10.9 Å². The van der Waals surface area contributed by atoms with E-state index in [0.29, 0.717) is 0 Å². The SMILES string of the molecule is CN1C=CN(c2ccc3c(c2)c2cccc4c5ccccc5n3c42)[CH-]1.[Ag][I]. The standard InChI is InChI=1S/C22H16N3.Ag.HI/c1-23-11-12-24(14-23)15-9-10-21-19(13-15)18-7-4-6-17-16-5-2-3-8-20(16)25(21)22(17)18;;/h2-14H,1H3;;1H/q-1;+1;/p-1. The first-order chi connectivity index (χ1) is 13.3. The molecule has 0 atom stereocenters. The van der Waals surface area contributed by atoms with Gasteiger partial charge in [-0.05, 0) is 43.7 Å². The summed E-state index contributed by atoms with van der Waals surface area (Å²) in [6.45, 7) is 2.09. The molecule has 0 amide bonds. The number of hydrogen-bond acceptors (Lipinski definition) is 2. The van der Waals surface area contributed by atoms with Crippen molar-refractivity contribution in [2.24, 2.45) is 0 Å². The molecule has 0 aliphatic carbocycles. The first-order valence-corrected chi connectivity index (χ1v) is 13.0. The molecule has 3 aromatic carbocycles. The van der Waals surface area contributed by atoms with Crippen LogP contribution in [0.1, 0.15) is 0 Å². The predicted molar refractivity (Wildman–Crippen MR) is 119 cm³/mol. The van der Waals surface area contributed by atoms with E-state index in [2.05, 4.69) is 111 Å². The molecular weight excluding hydrogens is 541 g/mol. The van der Waals surface area contributed by atoms with Crippen LogP contribution in [-0.2, 0) is 17.3 Å². The van der Waals surface area contributed by atoms with Crippen LogP contribution in [0, 0.1) is 6.67 Å². The van der Waals surface area contributed by atoms with Crippen LogP contribution in [0.3, 0.4) is 0 Å². The molecule has 0 bridgehead atoms. The van der Waals surface area contributed by atoms with Crippen molar-refractivity contribution >= 4 is 62.8 Å². The minimum atomic E-state index is 1.19. The summed E-state index contributed by atoms with van der Waals surface area (Å²) in [4.78, 5) is 4.22. The second-order valence-electron chi connectivity index (χ2n) is 6.74. The van der Waals surface area contributed by atoms with E-state index in [0.717, 1.165) is 0 Å². The summed E-state index contributed by atoms with van der Waals surface area (Å²) < 4.78 is 2.41. The van der Waals surface area contributed by atoms with Gasteiger partial charge in [-0.2, -0.15) is 6.67 Å². The first-order valence-electron chi connectivity index (χ1n) is 8.63. The van der Waals surface area contributed by atoms with Crippen LogP contribution in [0.25, 0.3) is 38.1 Å². The molecule has 0 fully saturated rings. The third-order valence-corrected chi connectivity index (χ3v) is 5.27. The van der Waals surface area contributed by atoms with Gasteiger partial charge in [-0.25, -0.2) is 0 Å². The van der Waals surface area contributed by atoms with E-state index in [4.69, 9.17) is 0 Å². The maximum absolute atomic E-state index is 2.92. The predicted octanol–water partition coefficient (Wildman–Crippen LogP) is 6.06. The van der Waals surface area contributed by atoms with Crippen molar-refractivity contribution in [3.05, 3.63) is 79.7 Å². The number of benzene rings is 3. The molecular formula is C22H16AgIN3-. The average Bonchev–Trinajstić information content (AvgIpc) is 3.40. The van der Waals surface area contributed by atoms with E-state index in [-0.39, 0.29) is 0 Å². The summed E-state index contributed by atoms with van der Waals surface area (Å²) >= 11 is 4.88. The molecule has 3 heterocycles. The van der Waals surface area contributed by atoms with Crippen LogP contribution in [0.15, 0.2) is 73.1 Å². The van der Waals surface area contributed by atoms with Crippen LogP contribution >= 0.6 is 19.0 Å². The van der Waals surface area contributed by atoms with E-state index >= 15 is 0 Å². The molecule has 0 saturated heterocycles. The van der Waals surface area contributed by atoms with E-state index in [1.54, 1.807) is 0 Å². The number of para-hydroxylation sites is 2. The van der Waals surface area contributed by atoms with Crippen molar-refractivity contribution in [1.82, 2.24) is 9.30 Å². The van der Waals surface area contributed by atoms with E-state index in [1.165, 1.54) is 43.8 Å². The molecule has 2 aromatic heterocycles. The third-order valence-electron chi connectivity index (χ3n) is 5.27. The Morgan fingerprint density at radius 3 is 2.26 bits per heavy atom. The number of anilines is 1. The van der Waals surface area contributed by atoms with Gasteiger partial charge in [-0.15, -0.1) is 0 Å². The summed E-state index contributed by atoms with van der Waals surface area (Å²) in [5.74, 6) is 0. The van der Waals surface area contributed by atoms with Gasteiger partial charge in [0, 0.05) is 27.2 Å². The van der Waals surface area contributed by atoms with Crippen LogP contribution in [0.2, 0.25) is 0 Å². The minimum absolute atomic E-state index is 1.19. The number of hydrogen-bond donors (Lipinski definition) is 0. The van der Waals surface area contributed by atoms with Gasteiger partial charge >= 0.3 is 36.3 Å². The normalized spacial score (nSPS) is 14.1. The van der Waals surface area contributed by atoms with Crippen molar-refractivity contribution in [2.75, 3.05) is 11.9 Å². The number of aromatic nitrogens is 1. The van der Waals surface area contributed by atoms with Gasteiger partial charge in [-0.3, -0.25) is 0 Å². The zero-order valence-corrected chi connectivity index (χ0v) is 18.2. The van der Waals surface area contributed by atoms with Crippen LogP contribution < -0.4 is 4.90 Å². The third kappa shape index (κ3) is 2.51. The molecule has 0 N–H and O–H groups in total. The molecule has 1 aliphatic rings. The van der Waals surface area contributed by atoms with Crippen LogP contribution in [-0.4, -0.2) is 16.3 Å². The van der Waals surface area contributed by atoms with Gasteiger partial charge in [0.05, 0.1) is 16.6 Å². The fourth-order valence-corrected chi connectivity index (χ4v) is 4.18. The Balaban J connectivity index is 0.000000777. The molecule has 0 unspecified atom stereocenters. The summed E-state index contributed by atoms with van der Waals surface area (Å²) in [7, 11) is 2.04. The fourth-order valence-electron chi connectivity index (χ4n) is 4.18. The summed E-state index contributed by atoms with van der Waals surface area (Å²) in [5, 5.41) is 5.28. The zero-order valence-electron chi connectivity index (χ0n) is 14.5. The van der Waals surface area contributed by atoms with Gasteiger partial charge in [0.15, 0.2) is 0 Å². The number of nitrogens with zero attached hydrogens (tertiary/aromatic N) is 3. The molecule has 1 aliphatic heterocycles. The number of rotatable bonds is 1. The maximum atomic E-state index is 2.92. The Labute approximate surface area is 180 Å². The summed E-state index contributed by atoms with van der Waals surface area (Å²) in [6, 6.07) is 22.1. The van der Waals surface area contributed by atoms with Crippen molar-refractivity contribution in [1.29, 1.82) is 0 Å². The van der Waals surface area contributed by atoms with Gasteiger partial charge in [0.25, 0.3) is 0 Å². The molecule has 5 heteroatoms. The summed E-state index contributed by atoms with van der Waals surface area (Å²) in [5.41, 5.74) is 5.07. The van der Waals surface area contributed by atoms with Gasteiger partial charge < -0.3 is 14.2 Å². The second-order valence-corrected chi connectivity index (χ2v) is 6.74. The van der Waals surface area contributed by atoms with Crippen LogP contribution in [0.5, 0.6) is 0 Å². The first kappa shape index (κ1) is 17.4. The molecule has 6 rings (SSSR count). The van der Waals surface area contributed by atoms with E-state index in [1.807, 2.05) is 26.1 Å². The van der Waals surface area contributed by atoms with Gasteiger partial charge in [0.2, 0.25) is 0 Å². The monoisotopic (exact) mass is 556 g/mol. The molecule has 5 aromatic rings. The fraction of sp³-hybridized carbons (Fsp3) is 0.0455. The molecule has 3 nitrogen and oxygen atoms in total. The van der Waals surface area contributed by atoms with Crippen molar-refractivity contribution in [3.63, 3.8) is 0 Å². The van der Waals surface area contributed by atoms with Crippen molar-refractivity contribution in [3.8, 4) is 0 Å². The van der Waals surface area contributed by atoms with E-state index in [9.17, 15) is 0 Å². The zero-order chi connectivity index (χ0) is 18.5. The van der Waals surface area contributed by atoms with Gasteiger partial charge in [0.1, 0.15) is 0 Å². The Hall–Kier alpha value is -1.73. The molecule has 138 valence electrons. The molecule has 0 spiro atoms. The Morgan fingerprint density at radius 1 is 0.778 bits per heavy atom. The Morgan fingerprint density at radius 2 is 1.48 bits per heavy atom. The second kappa shape index (κ2) is 6.71. The number of fused-ring (bicyclic) bond motifs is 6. The molecule has 0 radical (unpaired) electrons. The Kier molecular flexibility index (Phi) is 4.32. The van der Waals surface area contributed by atoms with Crippen LogP contribution in [0.4, 0.5) is 5.69 Å². The van der Waals surface area contributed by atoms with Crippen molar-refractivity contribution < 1.29 is 17.3 Å². The number of halogens is 1. The van der Waals surface area contributed by atoms with E-state index < -0.39 is 0 Å². The van der Waals surface area contributed by atoms with Crippen molar-refractivity contribution in [2.45, 2.75) is 0 Å². The Bertz CT molecular complexity index is 1310. The molecule has 27 heavy (non-hydrogen) atoms. The average molecular weight is 557 g/mol. The quantitative estimate of drug-likeness (QED) is 0.141.